The van der Waals surface area contributed by atoms with E-state index in [9.17, 15) is 4.79 Å². The Kier molecular flexibility index (Phi) is 4.29. The lowest BCUT2D eigenvalue weighted by molar-refractivity contribution is -0.118. The van der Waals surface area contributed by atoms with E-state index in [1.807, 2.05) is 19.4 Å². The summed E-state index contributed by atoms with van der Waals surface area (Å²) < 4.78 is 3.61. The molecule has 0 unspecified atom stereocenters. The molecule has 0 atom stereocenters. The molecule has 1 N–H and O–H groups in total. The first-order valence-corrected chi connectivity index (χ1v) is 9.86. The van der Waals surface area contributed by atoms with Crippen LogP contribution >= 0.6 is 11.9 Å². The maximum Gasteiger partial charge on any atom is 0.227 e. The number of pyridine rings is 1. The van der Waals surface area contributed by atoms with Crippen molar-refractivity contribution in [3.63, 3.8) is 0 Å². The van der Waals surface area contributed by atoms with Crippen molar-refractivity contribution in [2.45, 2.75) is 38.1 Å². The Morgan fingerprint density at radius 1 is 1.20 bits per heavy atom. The minimum atomic E-state index is 0.102. The molecule has 2 aliphatic rings. The predicted octanol–water partition coefficient (Wildman–Crippen LogP) is 3.90. The van der Waals surface area contributed by atoms with Crippen molar-refractivity contribution in [3.05, 3.63) is 47.8 Å². The number of benzene rings is 1. The second-order valence-corrected chi connectivity index (χ2v) is 7.95. The van der Waals surface area contributed by atoms with Crippen molar-refractivity contribution < 1.29 is 4.79 Å². The minimum absolute atomic E-state index is 0.102. The lowest BCUT2D eigenvalue weighted by Gasteiger charge is -2.26. The molecule has 0 spiro atoms. The molecule has 1 saturated carbocycles. The van der Waals surface area contributed by atoms with Crippen molar-refractivity contribution in [2.75, 3.05) is 17.7 Å². The van der Waals surface area contributed by atoms with Crippen LogP contribution < -0.4 is 9.62 Å². The molecule has 2 aromatic rings. The van der Waals surface area contributed by atoms with Crippen molar-refractivity contribution in [1.29, 1.82) is 0 Å². The maximum absolute atomic E-state index is 11.9. The predicted molar refractivity (Wildman–Crippen MR) is 104 cm³/mol. The van der Waals surface area contributed by atoms with E-state index in [1.165, 1.54) is 29.5 Å². The van der Waals surface area contributed by atoms with Crippen LogP contribution in [0.2, 0.25) is 0 Å². The molecular weight excluding hydrogens is 330 g/mol. The third kappa shape index (κ3) is 3.07. The molecule has 1 amide bonds. The highest BCUT2D eigenvalue weighted by Gasteiger charge is 2.44. The summed E-state index contributed by atoms with van der Waals surface area (Å²) in [5.41, 5.74) is 5.97. The first-order chi connectivity index (χ1) is 12.1. The molecule has 5 heteroatoms. The number of amides is 1. The number of aryl methyl sites for hydroxylation is 1. The zero-order valence-electron chi connectivity index (χ0n) is 14.7. The summed E-state index contributed by atoms with van der Waals surface area (Å²) in [6, 6.07) is 8.64. The van der Waals surface area contributed by atoms with Crippen LogP contribution in [-0.4, -0.2) is 23.7 Å². The number of carbonyl (C=O) groups excluding carboxylic acids is 1. The molecular formula is C20H23N3OS. The molecule has 4 rings (SSSR count). The van der Waals surface area contributed by atoms with E-state index in [2.05, 4.69) is 40.9 Å². The smallest absolute Gasteiger partial charge is 0.227 e. The van der Waals surface area contributed by atoms with Gasteiger partial charge in [0.25, 0.3) is 0 Å². The summed E-state index contributed by atoms with van der Waals surface area (Å²) in [7, 11) is 1.86. The van der Waals surface area contributed by atoms with Crippen molar-refractivity contribution in [2.24, 2.45) is 0 Å². The second-order valence-electron chi connectivity index (χ2n) is 6.88. The lowest BCUT2D eigenvalue weighted by Crippen LogP contribution is -2.30. The third-order valence-corrected chi connectivity index (χ3v) is 6.03. The van der Waals surface area contributed by atoms with Gasteiger partial charge in [-0.1, -0.05) is 24.9 Å². The van der Waals surface area contributed by atoms with Gasteiger partial charge in [0, 0.05) is 42.9 Å². The summed E-state index contributed by atoms with van der Waals surface area (Å²) in [4.78, 5) is 18.1. The molecule has 0 saturated heterocycles. The number of aromatic nitrogens is 1. The Morgan fingerprint density at radius 2 is 2.04 bits per heavy atom. The first kappa shape index (κ1) is 16.6. The highest BCUT2D eigenvalue weighted by Crippen LogP contribution is 2.47. The zero-order valence-corrected chi connectivity index (χ0v) is 15.5. The Hall–Kier alpha value is -1.85. The molecule has 1 fully saturated rings. The summed E-state index contributed by atoms with van der Waals surface area (Å²) in [5.74, 6) is 1.26. The van der Waals surface area contributed by atoms with Gasteiger partial charge in [0.2, 0.25) is 5.91 Å². The molecule has 0 radical (unpaired) electrons. The van der Waals surface area contributed by atoms with Crippen LogP contribution in [0.4, 0.5) is 5.69 Å². The number of fused-ring (bicyclic) bond motifs is 1. The maximum atomic E-state index is 11.9. The van der Waals surface area contributed by atoms with E-state index in [0.717, 1.165) is 23.4 Å². The van der Waals surface area contributed by atoms with Crippen LogP contribution in [0.1, 0.15) is 37.3 Å². The van der Waals surface area contributed by atoms with E-state index in [4.69, 9.17) is 0 Å². The molecule has 1 aliphatic heterocycles. The summed E-state index contributed by atoms with van der Waals surface area (Å²) >= 11 is 1.78. The fourth-order valence-corrected chi connectivity index (χ4v) is 4.22. The van der Waals surface area contributed by atoms with Crippen molar-refractivity contribution in [3.8, 4) is 11.1 Å². The van der Waals surface area contributed by atoms with Crippen molar-refractivity contribution >= 4 is 23.5 Å². The number of anilines is 1. The highest BCUT2D eigenvalue weighted by molar-refractivity contribution is 7.97. The Bertz CT molecular complexity index is 816. The molecule has 1 aromatic carbocycles. The van der Waals surface area contributed by atoms with Crippen LogP contribution in [-0.2, 0) is 16.8 Å². The number of nitrogens with one attached hydrogen (secondary N) is 1. The average Bonchev–Trinajstić information content (AvgIpc) is 3.44. The first-order valence-electron chi connectivity index (χ1n) is 8.87. The van der Waals surface area contributed by atoms with E-state index in [0.29, 0.717) is 6.42 Å². The number of hydrogen-bond acceptors (Lipinski definition) is 4. The third-order valence-electron chi connectivity index (χ3n) is 5.21. The van der Waals surface area contributed by atoms with Crippen LogP contribution in [0.3, 0.4) is 0 Å². The number of rotatable bonds is 5. The zero-order chi connectivity index (χ0) is 17.4. The van der Waals surface area contributed by atoms with Crippen LogP contribution in [0.5, 0.6) is 0 Å². The number of hydrogen-bond donors (Lipinski definition) is 1. The molecule has 4 nitrogen and oxygen atoms in total. The quantitative estimate of drug-likeness (QED) is 0.828. The Labute approximate surface area is 153 Å². The SMILES string of the molecule is CCSNC1(c2cncc(-c3ccc4c(c3)CCC(=O)N4C)c2)CC1. The fourth-order valence-electron chi connectivity index (χ4n) is 3.48. The summed E-state index contributed by atoms with van der Waals surface area (Å²) in [6.45, 7) is 2.16. The van der Waals surface area contributed by atoms with Crippen LogP contribution in [0.25, 0.3) is 11.1 Å². The second kappa shape index (κ2) is 6.46. The van der Waals surface area contributed by atoms with Gasteiger partial charge in [0.05, 0.1) is 5.54 Å². The van der Waals surface area contributed by atoms with E-state index in [-0.39, 0.29) is 11.4 Å². The van der Waals surface area contributed by atoms with Gasteiger partial charge in [-0.15, -0.1) is 0 Å². The lowest BCUT2D eigenvalue weighted by atomic mass is 9.95. The monoisotopic (exact) mass is 353 g/mol. The molecule has 1 aliphatic carbocycles. The summed E-state index contributed by atoms with van der Waals surface area (Å²) in [6.07, 6.45) is 7.67. The largest absolute Gasteiger partial charge is 0.315 e. The van der Waals surface area contributed by atoms with E-state index >= 15 is 0 Å². The summed E-state index contributed by atoms with van der Waals surface area (Å²) in [5, 5.41) is 0. The van der Waals surface area contributed by atoms with Gasteiger partial charge in [0.1, 0.15) is 0 Å². The topological polar surface area (TPSA) is 45.2 Å². The molecule has 2 heterocycles. The van der Waals surface area contributed by atoms with Gasteiger partial charge < -0.3 is 4.90 Å². The minimum Gasteiger partial charge on any atom is -0.315 e. The number of carbonyl (C=O) groups is 1. The van der Waals surface area contributed by atoms with Crippen molar-refractivity contribution in [1.82, 2.24) is 9.71 Å². The van der Waals surface area contributed by atoms with Gasteiger partial charge in [-0.2, -0.15) is 0 Å². The number of nitrogens with zero attached hydrogens (tertiary/aromatic N) is 2. The molecule has 1 aromatic heterocycles. The van der Waals surface area contributed by atoms with Gasteiger partial charge in [-0.05, 0) is 54.2 Å². The van der Waals surface area contributed by atoms with Crippen LogP contribution in [0.15, 0.2) is 36.7 Å². The van der Waals surface area contributed by atoms with E-state index < -0.39 is 0 Å². The molecule has 0 bridgehead atoms. The van der Waals surface area contributed by atoms with Gasteiger partial charge in [-0.3, -0.25) is 14.5 Å². The van der Waals surface area contributed by atoms with Gasteiger partial charge in [-0.25, -0.2) is 0 Å². The Balaban J connectivity index is 1.65. The normalized spacial score (nSPS) is 18.2. The average molecular weight is 353 g/mol. The molecule has 130 valence electrons. The van der Waals surface area contributed by atoms with Gasteiger partial charge in [0.15, 0.2) is 0 Å². The van der Waals surface area contributed by atoms with E-state index in [1.54, 1.807) is 16.8 Å². The van der Waals surface area contributed by atoms with Gasteiger partial charge >= 0.3 is 0 Å². The van der Waals surface area contributed by atoms with Crippen LogP contribution in [0, 0.1) is 0 Å². The standard InChI is InChI=1S/C20H23N3OS/c1-3-25-22-20(8-9-20)17-11-16(12-21-13-17)14-4-6-18-15(10-14)5-7-19(24)23(18)2/h4,6,10-13,22H,3,5,7-9H2,1-2H3. The molecule has 25 heavy (non-hydrogen) atoms. The fraction of sp³-hybridized carbons (Fsp3) is 0.400. The highest BCUT2D eigenvalue weighted by atomic mass is 32.2. The Morgan fingerprint density at radius 3 is 2.80 bits per heavy atom.